The highest BCUT2D eigenvalue weighted by atomic mass is 16.5. The molecule has 0 spiro atoms. The summed E-state index contributed by atoms with van der Waals surface area (Å²) >= 11 is 0. The molecule has 116 valence electrons. The van der Waals surface area contributed by atoms with Gasteiger partial charge >= 0.3 is 0 Å². The number of methoxy groups -OCH3 is 1. The minimum atomic E-state index is 0.660. The number of rotatable bonds is 7. The monoisotopic (exact) mass is 289 g/mol. The van der Waals surface area contributed by atoms with E-state index in [-0.39, 0.29) is 0 Å². The van der Waals surface area contributed by atoms with E-state index in [1.54, 1.807) is 7.11 Å². The van der Waals surface area contributed by atoms with Gasteiger partial charge in [0, 0.05) is 19.2 Å². The standard InChI is InChI=1S/C17H27N3O/c1-12(2)9-20(10-13(3)4)11-17-18-15-7-6-14(21-5)8-16(15)19-17/h6-8,12-13H,9-11H2,1-5H3,(H,18,19). The largest absolute Gasteiger partial charge is 0.497 e. The van der Waals surface area contributed by atoms with Gasteiger partial charge in [0.25, 0.3) is 0 Å². The van der Waals surface area contributed by atoms with E-state index in [1.807, 2.05) is 18.2 Å². The van der Waals surface area contributed by atoms with Crippen molar-refractivity contribution < 1.29 is 4.74 Å². The van der Waals surface area contributed by atoms with E-state index >= 15 is 0 Å². The van der Waals surface area contributed by atoms with Crippen LogP contribution in [-0.2, 0) is 6.54 Å². The number of hydrogen-bond donors (Lipinski definition) is 1. The molecule has 2 aromatic rings. The maximum Gasteiger partial charge on any atom is 0.121 e. The average molecular weight is 289 g/mol. The summed E-state index contributed by atoms with van der Waals surface area (Å²) in [6.07, 6.45) is 0. The van der Waals surface area contributed by atoms with Gasteiger partial charge in [-0.1, -0.05) is 27.7 Å². The summed E-state index contributed by atoms with van der Waals surface area (Å²) in [6.45, 7) is 12.1. The predicted octanol–water partition coefficient (Wildman–Crippen LogP) is 3.69. The molecule has 1 aromatic heterocycles. The van der Waals surface area contributed by atoms with Gasteiger partial charge in [-0.3, -0.25) is 4.90 Å². The molecule has 0 aliphatic heterocycles. The Labute approximate surface area is 127 Å². The molecule has 2 rings (SSSR count). The molecule has 1 N–H and O–H groups in total. The summed E-state index contributed by atoms with van der Waals surface area (Å²) < 4.78 is 5.26. The van der Waals surface area contributed by atoms with Crippen molar-refractivity contribution in [2.45, 2.75) is 34.2 Å². The topological polar surface area (TPSA) is 41.1 Å². The predicted molar refractivity (Wildman–Crippen MR) is 87.6 cm³/mol. The third kappa shape index (κ3) is 4.46. The Hall–Kier alpha value is -1.55. The Morgan fingerprint density at radius 2 is 1.81 bits per heavy atom. The molecule has 0 atom stereocenters. The number of aromatic amines is 1. The number of fused-ring (bicyclic) bond motifs is 1. The van der Waals surface area contributed by atoms with Crippen molar-refractivity contribution in [2.75, 3.05) is 20.2 Å². The lowest BCUT2D eigenvalue weighted by Crippen LogP contribution is -2.31. The Balaban J connectivity index is 2.15. The molecule has 4 nitrogen and oxygen atoms in total. The number of ether oxygens (including phenoxy) is 1. The maximum absolute atomic E-state index is 5.26. The molecule has 0 bridgehead atoms. The zero-order valence-corrected chi connectivity index (χ0v) is 13.8. The first kappa shape index (κ1) is 15.8. The molecule has 1 heterocycles. The first-order chi connectivity index (χ1) is 9.97. The van der Waals surface area contributed by atoms with E-state index in [9.17, 15) is 0 Å². The molecule has 0 radical (unpaired) electrons. The van der Waals surface area contributed by atoms with Crippen LogP contribution in [0.15, 0.2) is 18.2 Å². The maximum atomic E-state index is 5.26. The summed E-state index contributed by atoms with van der Waals surface area (Å²) in [7, 11) is 1.69. The molecule has 0 aliphatic carbocycles. The normalized spacial score (nSPS) is 12.0. The summed E-state index contributed by atoms with van der Waals surface area (Å²) in [5.74, 6) is 3.21. The molecular weight excluding hydrogens is 262 g/mol. The summed E-state index contributed by atoms with van der Waals surface area (Å²) in [5, 5.41) is 0. The van der Waals surface area contributed by atoms with Crippen molar-refractivity contribution >= 4 is 11.0 Å². The van der Waals surface area contributed by atoms with Crippen LogP contribution >= 0.6 is 0 Å². The van der Waals surface area contributed by atoms with Gasteiger partial charge in [-0.15, -0.1) is 0 Å². The highest BCUT2D eigenvalue weighted by molar-refractivity contribution is 5.76. The van der Waals surface area contributed by atoms with Gasteiger partial charge in [-0.05, 0) is 24.0 Å². The molecule has 0 amide bonds. The van der Waals surface area contributed by atoms with Crippen LogP contribution in [0.5, 0.6) is 5.75 Å². The minimum absolute atomic E-state index is 0.660. The van der Waals surface area contributed by atoms with Gasteiger partial charge in [-0.25, -0.2) is 4.98 Å². The average Bonchev–Trinajstić information content (AvgIpc) is 2.77. The zero-order chi connectivity index (χ0) is 15.4. The van der Waals surface area contributed by atoms with Crippen molar-refractivity contribution in [3.8, 4) is 5.75 Å². The molecule has 0 fully saturated rings. The van der Waals surface area contributed by atoms with E-state index in [4.69, 9.17) is 4.74 Å². The Morgan fingerprint density at radius 3 is 2.38 bits per heavy atom. The van der Waals surface area contributed by atoms with Crippen molar-refractivity contribution in [1.29, 1.82) is 0 Å². The van der Waals surface area contributed by atoms with Crippen LogP contribution in [-0.4, -0.2) is 35.1 Å². The summed E-state index contributed by atoms with van der Waals surface area (Å²) in [6, 6.07) is 5.96. The first-order valence-corrected chi connectivity index (χ1v) is 7.73. The number of aromatic nitrogens is 2. The quantitative estimate of drug-likeness (QED) is 0.845. The van der Waals surface area contributed by atoms with E-state index in [0.717, 1.165) is 42.2 Å². The summed E-state index contributed by atoms with van der Waals surface area (Å²) in [4.78, 5) is 10.6. The molecule has 4 heteroatoms. The number of nitrogens with one attached hydrogen (secondary N) is 1. The second-order valence-corrected chi connectivity index (χ2v) is 6.55. The molecular formula is C17H27N3O. The van der Waals surface area contributed by atoms with Crippen molar-refractivity contribution in [2.24, 2.45) is 11.8 Å². The van der Waals surface area contributed by atoms with E-state index in [0.29, 0.717) is 11.8 Å². The van der Waals surface area contributed by atoms with Crippen LogP contribution in [0.25, 0.3) is 11.0 Å². The van der Waals surface area contributed by atoms with Crippen LogP contribution in [0.3, 0.4) is 0 Å². The van der Waals surface area contributed by atoms with Gasteiger partial charge in [0.1, 0.15) is 11.6 Å². The smallest absolute Gasteiger partial charge is 0.121 e. The number of nitrogens with zero attached hydrogens (tertiary/aromatic N) is 2. The number of H-pyrrole nitrogens is 1. The highest BCUT2D eigenvalue weighted by Gasteiger charge is 2.13. The minimum Gasteiger partial charge on any atom is -0.497 e. The molecule has 1 aromatic carbocycles. The summed E-state index contributed by atoms with van der Waals surface area (Å²) in [5.41, 5.74) is 2.04. The van der Waals surface area contributed by atoms with Crippen molar-refractivity contribution in [3.63, 3.8) is 0 Å². The molecule has 21 heavy (non-hydrogen) atoms. The molecule has 0 unspecified atom stereocenters. The molecule has 0 saturated carbocycles. The van der Waals surface area contributed by atoms with Crippen LogP contribution in [0.2, 0.25) is 0 Å². The van der Waals surface area contributed by atoms with Crippen LogP contribution in [0.1, 0.15) is 33.5 Å². The molecule has 0 aliphatic rings. The lowest BCUT2D eigenvalue weighted by atomic mass is 10.1. The second kappa shape index (κ2) is 6.94. The van der Waals surface area contributed by atoms with Gasteiger partial charge in [0.05, 0.1) is 24.7 Å². The number of imidazole rings is 1. The number of hydrogen-bond acceptors (Lipinski definition) is 3. The van der Waals surface area contributed by atoms with Crippen LogP contribution < -0.4 is 4.74 Å². The van der Waals surface area contributed by atoms with Gasteiger partial charge in [0.2, 0.25) is 0 Å². The zero-order valence-electron chi connectivity index (χ0n) is 13.8. The van der Waals surface area contributed by atoms with Gasteiger partial charge in [-0.2, -0.15) is 0 Å². The van der Waals surface area contributed by atoms with Crippen LogP contribution in [0, 0.1) is 11.8 Å². The Kier molecular flexibility index (Phi) is 5.23. The highest BCUT2D eigenvalue weighted by Crippen LogP contribution is 2.19. The van der Waals surface area contributed by atoms with Crippen molar-refractivity contribution in [1.82, 2.24) is 14.9 Å². The van der Waals surface area contributed by atoms with E-state index in [2.05, 4.69) is 42.6 Å². The Morgan fingerprint density at radius 1 is 1.14 bits per heavy atom. The number of benzene rings is 1. The van der Waals surface area contributed by atoms with Crippen LogP contribution in [0.4, 0.5) is 0 Å². The fourth-order valence-electron chi connectivity index (χ4n) is 2.69. The second-order valence-electron chi connectivity index (χ2n) is 6.55. The fourth-order valence-corrected chi connectivity index (χ4v) is 2.69. The lowest BCUT2D eigenvalue weighted by molar-refractivity contribution is 0.207. The SMILES string of the molecule is COc1ccc2nc(CN(CC(C)C)CC(C)C)[nH]c2c1. The third-order valence-electron chi connectivity index (χ3n) is 3.36. The molecule has 0 saturated heterocycles. The van der Waals surface area contributed by atoms with Gasteiger partial charge < -0.3 is 9.72 Å². The van der Waals surface area contributed by atoms with Crippen molar-refractivity contribution in [3.05, 3.63) is 24.0 Å². The lowest BCUT2D eigenvalue weighted by Gasteiger charge is -2.25. The van der Waals surface area contributed by atoms with Gasteiger partial charge in [0.15, 0.2) is 0 Å². The fraction of sp³-hybridized carbons (Fsp3) is 0.588. The first-order valence-electron chi connectivity index (χ1n) is 7.73. The van der Waals surface area contributed by atoms with E-state index < -0.39 is 0 Å². The third-order valence-corrected chi connectivity index (χ3v) is 3.36. The van der Waals surface area contributed by atoms with E-state index in [1.165, 1.54) is 0 Å². The Bertz CT molecular complexity index is 564.